The monoisotopic (exact) mass is 279 g/mol. The summed E-state index contributed by atoms with van der Waals surface area (Å²) in [4.78, 5) is 4.48. The molecule has 0 fully saturated rings. The Morgan fingerprint density at radius 3 is 2.00 bits per heavy atom. The highest BCUT2D eigenvalue weighted by Crippen LogP contribution is 2.28. The van der Waals surface area contributed by atoms with Crippen molar-refractivity contribution in [3.05, 3.63) is 52.1 Å². The van der Waals surface area contributed by atoms with E-state index in [2.05, 4.69) is 31.8 Å². The lowest BCUT2D eigenvalue weighted by atomic mass is 9.88. The van der Waals surface area contributed by atoms with Crippen LogP contribution in [0, 0.1) is 0 Å². The summed E-state index contributed by atoms with van der Waals surface area (Å²) >= 11 is 12.0. The van der Waals surface area contributed by atoms with E-state index in [-0.39, 0.29) is 5.41 Å². The molecule has 0 bridgehead atoms. The van der Waals surface area contributed by atoms with Crippen LogP contribution in [0.1, 0.15) is 26.3 Å². The van der Waals surface area contributed by atoms with Crippen LogP contribution >= 0.6 is 23.2 Å². The quantitative estimate of drug-likeness (QED) is 0.685. The first-order chi connectivity index (χ1) is 8.36. The van der Waals surface area contributed by atoms with E-state index in [1.165, 1.54) is 5.56 Å². The van der Waals surface area contributed by atoms with Crippen molar-refractivity contribution in [3.63, 3.8) is 0 Å². The van der Waals surface area contributed by atoms with Gasteiger partial charge in [-0.05, 0) is 35.2 Å². The predicted molar refractivity (Wildman–Crippen MR) is 78.4 cm³/mol. The van der Waals surface area contributed by atoms with E-state index < -0.39 is 0 Å². The van der Waals surface area contributed by atoms with Crippen LogP contribution in [0.2, 0.25) is 10.0 Å². The summed E-state index contributed by atoms with van der Waals surface area (Å²) in [6, 6.07) is 9.55. The zero-order valence-electron chi connectivity index (χ0n) is 10.7. The second-order valence-electron chi connectivity index (χ2n) is 5.34. The molecule has 0 radical (unpaired) electrons. The molecule has 0 aliphatic rings. The van der Waals surface area contributed by atoms with Crippen molar-refractivity contribution in [3.8, 4) is 11.3 Å². The maximum atomic E-state index is 5.99. The van der Waals surface area contributed by atoms with Crippen LogP contribution in [-0.2, 0) is 5.41 Å². The molecular formula is C15H15Cl2N. The summed E-state index contributed by atoms with van der Waals surface area (Å²) < 4.78 is 0. The fourth-order valence-electron chi connectivity index (χ4n) is 1.71. The molecular weight excluding hydrogens is 265 g/mol. The average molecular weight is 280 g/mol. The van der Waals surface area contributed by atoms with Crippen molar-refractivity contribution in [2.24, 2.45) is 0 Å². The topological polar surface area (TPSA) is 12.9 Å². The van der Waals surface area contributed by atoms with Crippen LogP contribution in [0.15, 0.2) is 36.5 Å². The molecule has 0 saturated carbocycles. The van der Waals surface area contributed by atoms with Crippen molar-refractivity contribution >= 4 is 23.2 Å². The lowest BCUT2D eigenvalue weighted by Crippen LogP contribution is -2.11. The molecule has 94 valence electrons. The van der Waals surface area contributed by atoms with E-state index in [0.717, 1.165) is 11.3 Å². The van der Waals surface area contributed by atoms with Gasteiger partial charge in [-0.2, -0.15) is 0 Å². The highest BCUT2D eigenvalue weighted by molar-refractivity contribution is 6.35. The highest BCUT2D eigenvalue weighted by Gasteiger charge is 2.14. The average Bonchev–Trinajstić information content (AvgIpc) is 2.27. The van der Waals surface area contributed by atoms with Crippen molar-refractivity contribution in [1.29, 1.82) is 0 Å². The zero-order valence-corrected chi connectivity index (χ0v) is 12.2. The first-order valence-corrected chi connectivity index (χ1v) is 6.55. The van der Waals surface area contributed by atoms with Gasteiger partial charge in [0.2, 0.25) is 0 Å². The van der Waals surface area contributed by atoms with E-state index in [1.807, 2.05) is 24.4 Å². The third-order valence-corrected chi connectivity index (χ3v) is 3.22. The van der Waals surface area contributed by atoms with Crippen LogP contribution in [0.5, 0.6) is 0 Å². The number of nitrogens with zero attached hydrogens (tertiary/aromatic N) is 1. The normalized spacial score (nSPS) is 11.6. The number of pyridine rings is 1. The summed E-state index contributed by atoms with van der Waals surface area (Å²) in [6.07, 6.45) is 1.91. The molecule has 1 aromatic carbocycles. The number of halogens is 2. The SMILES string of the molecule is CC(C)(C)c1ccc(-c2cc(Cl)cc(Cl)c2)nc1. The summed E-state index contributed by atoms with van der Waals surface area (Å²) in [7, 11) is 0. The Morgan fingerprint density at radius 1 is 0.944 bits per heavy atom. The van der Waals surface area contributed by atoms with Gasteiger partial charge in [-0.25, -0.2) is 0 Å². The van der Waals surface area contributed by atoms with Gasteiger partial charge < -0.3 is 0 Å². The Balaban J connectivity index is 2.40. The Morgan fingerprint density at radius 2 is 1.56 bits per heavy atom. The molecule has 0 saturated heterocycles. The van der Waals surface area contributed by atoms with E-state index in [9.17, 15) is 0 Å². The summed E-state index contributed by atoms with van der Waals surface area (Å²) in [5.41, 5.74) is 3.14. The lowest BCUT2D eigenvalue weighted by Gasteiger charge is -2.18. The smallest absolute Gasteiger partial charge is 0.0703 e. The molecule has 0 N–H and O–H groups in total. The van der Waals surface area contributed by atoms with E-state index in [1.54, 1.807) is 6.07 Å². The molecule has 0 spiro atoms. The number of aromatic nitrogens is 1. The first-order valence-electron chi connectivity index (χ1n) is 5.79. The second-order valence-corrected chi connectivity index (χ2v) is 6.21. The number of rotatable bonds is 1. The van der Waals surface area contributed by atoms with Gasteiger partial charge in [0, 0.05) is 21.8 Å². The van der Waals surface area contributed by atoms with Crippen molar-refractivity contribution in [2.45, 2.75) is 26.2 Å². The molecule has 2 aromatic rings. The van der Waals surface area contributed by atoms with Gasteiger partial charge in [0.25, 0.3) is 0 Å². The fraction of sp³-hybridized carbons (Fsp3) is 0.267. The Hall–Kier alpha value is -1.05. The van der Waals surface area contributed by atoms with E-state index in [4.69, 9.17) is 23.2 Å². The fourth-order valence-corrected chi connectivity index (χ4v) is 2.24. The van der Waals surface area contributed by atoms with Crippen LogP contribution in [0.4, 0.5) is 0 Å². The molecule has 1 nitrogen and oxygen atoms in total. The zero-order chi connectivity index (χ0) is 13.3. The minimum Gasteiger partial charge on any atom is -0.256 e. The largest absolute Gasteiger partial charge is 0.256 e. The second kappa shape index (κ2) is 4.91. The summed E-state index contributed by atoms with van der Waals surface area (Å²) in [6.45, 7) is 6.50. The maximum absolute atomic E-state index is 5.99. The molecule has 0 amide bonds. The minimum absolute atomic E-state index is 0.109. The molecule has 0 aliphatic carbocycles. The third kappa shape index (κ3) is 3.04. The number of hydrogen-bond donors (Lipinski definition) is 0. The van der Waals surface area contributed by atoms with Gasteiger partial charge in [0.1, 0.15) is 0 Å². The summed E-state index contributed by atoms with van der Waals surface area (Å²) in [5.74, 6) is 0. The van der Waals surface area contributed by atoms with Gasteiger partial charge in [0.15, 0.2) is 0 Å². The third-order valence-electron chi connectivity index (χ3n) is 2.79. The number of benzene rings is 1. The highest BCUT2D eigenvalue weighted by atomic mass is 35.5. The van der Waals surface area contributed by atoms with Crippen LogP contribution in [0.25, 0.3) is 11.3 Å². The van der Waals surface area contributed by atoms with Crippen LogP contribution < -0.4 is 0 Å². The first kappa shape index (κ1) is 13.4. The minimum atomic E-state index is 0.109. The molecule has 1 aromatic heterocycles. The molecule has 2 rings (SSSR count). The van der Waals surface area contributed by atoms with Crippen molar-refractivity contribution in [1.82, 2.24) is 4.98 Å². The molecule has 0 unspecified atom stereocenters. The van der Waals surface area contributed by atoms with Gasteiger partial charge in [-0.1, -0.05) is 50.0 Å². The standard InChI is InChI=1S/C15H15Cl2N/c1-15(2,3)11-4-5-14(18-9-11)10-6-12(16)8-13(17)7-10/h4-9H,1-3H3. The van der Waals surface area contributed by atoms with E-state index >= 15 is 0 Å². The molecule has 3 heteroatoms. The summed E-state index contributed by atoms with van der Waals surface area (Å²) in [5, 5.41) is 1.25. The predicted octanol–water partition coefficient (Wildman–Crippen LogP) is 5.35. The Bertz CT molecular complexity index is 533. The molecule has 0 atom stereocenters. The van der Waals surface area contributed by atoms with Gasteiger partial charge >= 0.3 is 0 Å². The van der Waals surface area contributed by atoms with Gasteiger partial charge in [-0.3, -0.25) is 4.98 Å². The van der Waals surface area contributed by atoms with E-state index in [0.29, 0.717) is 10.0 Å². The van der Waals surface area contributed by atoms with Crippen molar-refractivity contribution < 1.29 is 0 Å². The Kier molecular flexibility index (Phi) is 3.65. The van der Waals surface area contributed by atoms with Gasteiger partial charge in [0.05, 0.1) is 5.69 Å². The molecule has 0 aliphatic heterocycles. The Labute approximate surface area is 118 Å². The van der Waals surface area contributed by atoms with Crippen LogP contribution in [-0.4, -0.2) is 4.98 Å². The number of hydrogen-bond acceptors (Lipinski definition) is 1. The van der Waals surface area contributed by atoms with Crippen molar-refractivity contribution in [2.75, 3.05) is 0 Å². The lowest BCUT2D eigenvalue weighted by molar-refractivity contribution is 0.587. The van der Waals surface area contributed by atoms with Gasteiger partial charge in [-0.15, -0.1) is 0 Å². The van der Waals surface area contributed by atoms with Crippen LogP contribution in [0.3, 0.4) is 0 Å². The molecule has 1 heterocycles. The molecule has 18 heavy (non-hydrogen) atoms. The maximum Gasteiger partial charge on any atom is 0.0703 e.